The van der Waals surface area contributed by atoms with E-state index in [-0.39, 0.29) is 28.6 Å². The smallest absolute Gasteiger partial charge is 0.273 e. The van der Waals surface area contributed by atoms with E-state index >= 15 is 0 Å². The predicted octanol–water partition coefficient (Wildman–Crippen LogP) is 4.29. The number of amides is 1. The van der Waals surface area contributed by atoms with Crippen LogP contribution in [-0.4, -0.2) is 41.6 Å². The van der Waals surface area contributed by atoms with E-state index in [1.807, 2.05) is 0 Å². The lowest BCUT2D eigenvalue weighted by Gasteiger charge is -2.21. The number of nitrogens with zero attached hydrogens (tertiary/aromatic N) is 2. The van der Waals surface area contributed by atoms with E-state index in [1.165, 1.54) is 18.2 Å². The number of hydrogen-bond donors (Lipinski definition) is 2. The Morgan fingerprint density at radius 1 is 1.22 bits per heavy atom. The normalized spacial score (nSPS) is 28.5. The highest BCUT2D eigenvalue weighted by Gasteiger charge is 2.64. The molecule has 9 heteroatoms. The zero-order valence-electron chi connectivity index (χ0n) is 20.7. The van der Waals surface area contributed by atoms with Gasteiger partial charge in [0.15, 0.2) is 0 Å². The van der Waals surface area contributed by atoms with E-state index < -0.39 is 29.3 Å². The zero-order chi connectivity index (χ0) is 25.6. The highest BCUT2D eigenvalue weighted by molar-refractivity contribution is 5.99. The lowest BCUT2D eigenvalue weighted by Crippen LogP contribution is -2.32. The third-order valence-corrected chi connectivity index (χ3v) is 8.71. The second-order valence-electron chi connectivity index (χ2n) is 11.4. The molecule has 4 fully saturated rings. The first-order valence-corrected chi connectivity index (χ1v) is 12.7. The number of halogens is 3. The van der Waals surface area contributed by atoms with Crippen molar-refractivity contribution in [2.75, 3.05) is 25.5 Å². The number of nitrogens with one attached hydrogen (secondary N) is 2. The molecule has 1 spiro atoms. The van der Waals surface area contributed by atoms with Crippen molar-refractivity contribution in [1.82, 2.24) is 14.8 Å². The van der Waals surface area contributed by atoms with Gasteiger partial charge < -0.3 is 20.1 Å². The summed E-state index contributed by atoms with van der Waals surface area (Å²) in [6, 6.07) is 4.79. The number of carbonyl (C=O) groups excluding carboxylic acids is 1. The maximum atomic E-state index is 14.9. The van der Waals surface area contributed by atoms with Crippen LogP contribution in [0.2, 0.25) is 0 Å². The fraction of sp³-hybridized carbons (Fsp3) is 0.556. The molecule has 0 bridgehead atoms. The average Bonchev–Trinajstić information content (AvgIpc) is 3.76. The van der Waals surface area contributed by atoms with Crippen LogP contribution >= 0.6 is 0 Å². The molecule has 0 unspecified atom stereocenters. The Bertz CT molecular complexity index is 1290. The first kappa shape index (κ1) is 23.6. The quantitative estimate of drug-likeness (QED) is 0.596. The number of anilines is 1. The molecule has 2 heterocycles. The van der Waals surface area contributed by atoms with Gasteiger partial charge in [-0.2, -0.15) is 0 Å². The number of alkyl halides is 2. The van der Waals surface area contributed by atoms with E-state index in [9.17, 15) is 22.8 Å². The fourth-order valence-electron chi connectivity index (χ4n) is 6.22. The molecular formula is C27H31F3N4O2. The summed E-state index contributed by atoms with van der Waals surface area (Å²) in [5.41, 5.74) is 0.160. The van der Waals surface area contributed by atoms with Gasteiger partial charge in [-0.15, -0.1) is 0 Å². The molecule has 4 aliphatic rings. The Morgan fingerprint density at radius 3 is 2.53 bits per heavy atom. The molecule has 5 atom stereocenters. The number of aromatic nitrogens is 1. The number of pyridine rings is 1. The van der Waals surface area contributed by atoms with E-state index in [0.717, 1.165) is 38.4 Å². The second kappa shape index (κ2) is 7.84. The summed E-state index contributed by atoms with van der Waals surface area (Å²) in [7, 11) is 2.08. The van der Waals surface area contributed by atoms with Crippen LogP contribution in [0.25, 0.3) is 0 Å². The molecule has 2 N–H and O–H groups in total. The number of piperidine rings is 1. The van der Waals surface area contributed by atoms with Gasteiger partial charge in [0, 0.05) is 49.9 Å². The van der Waals surface area contributed by atoms with Crippen molar-refractivity contribution in [3.05, 3.63) is 63.3 Å². The lowest BCUT2D eigenvalue weighted by molar-refractivity contribution is 0.0135. The van der Waals surface area contributed by atoms with E-state index in [4.69, 9.17) is 0 Å². The monoisotopic (exact) mass is 500 g/mol. The van der Waals surface area contributed by atoms with E-state index in [2.05, 4.69) is 22.6 Å². The number of fused-ring (bicyclic) bond motifs is 1. The van der Waals surface area contributed by atoms with Crippen molar-refractivity contribution in [3.8, 4) is 0 Å². The van der Waals surface area contributed by atoms with Crippen LogP contribution in [0.5, 0.6) is 0 Å². The van der Waals surface area contributed by atoms with Gasteiger partial charge >= 0.3 is 0 Å². The van der Waals surface area contributed by atoms with Crippen LogP contribution in [0.3, 0.4) is 0 Å². The zero-order valence-corrected chi connectivity index (χ0v) is 20.7. The Morgan fingerprint density at radius 2 is 1.92 bits per heavy atom. The fourth-order valence-corrected chi connectivity index (χ4v) is 6.22. The number of benzene rings is 1. The van der Waals surface area contributed by atoms with Crippen molar-refractivity contribution < 1.29 is 18.0 Å². The highest BCUT2D eigenvalue weighted by Crippen LogP contribution is 2.72. The van der Waals surface area contributed by atoms with Crippen LogP contribution in [-0.2, 0) is 5.92 Å². The Hall–Kier alpha value is -2.81. The van der Waals surface area contributed by atoms with Gasteiger partial charge in [-0.05, 0) is 50.5 Å². The molecule has 1 aromatic heterocycles. The molecule has 6 nitrogen and oxygen atoms in total. The Balaban J connectivity index is 1.28. The van der Waals surface area contributed by atoms with Crippen molar-refractivity contribution in [2.24, 2.45) is 17.3 Å². The minimum Gasteiger partial charge on any atom is -0.381 e. The molecule has 6 rings (SSSR count). The van der Waals surface area contributed by atoms with Gasteiger partial charge in [-0.25, -0.2) is 13.2 Å². The molecule has 192 valence electrons. The van der Waals surface area contributed by atoms with Crippen LogP contribution in [0.1, 0.15) is 66.7 Å². The number of hydrogen-bond acceptors (Lipinski definition) is 4. The molecule has 1 amide bonds. The van der Waals surface area contributed by atoms with Crippen molar-refractivity contribution >= 4 is 11.6 Å². The van der Waals surface area contributed by atoms with Gasteiger partial charge in [0.1, 0.15) is 5.82 Å². The minimum absolute atomic E-state index is 0.0101. The maximum absolute atomic E-state index is 14.9. The standard InChI is InChI=1S/C27H31F3N4O2/c1-14(15-5-4-6-19(23(15)28)26(2,29)30)31-25(36)18-13-34(21-10-27(21)7-8-27)22(35)9-20(18)32-24-16-11-33(3)12-17(16)24/h4-6,9,13-14,16-17,21,24,32H,7-8,10-12H2,1-3H3,(H,31,36)/t14-,16-,17+,21+,24+/m1/s1. The largest absolute Gasteiger partial charge is 0.381 e. The van der Waals surface area contributed by atoms with Crippen LogP contribution in [0.4, 0.5) is 18.9 Å². The molecule has 0 radical (unpaired) electrons. The molecule has 1 aromatic carbocycles. The summed E-state index contributed by atoms with van der Waals surface area (Å²) in [6.07, 6.45) is 4.76. The number of carbonyl (C=O) groups is 1. The number of likely N-dealkylation sites (tertiary alicyclic amines) is 1. The summed E-state index contributed by atoms with van der Waals surface area (Å²) in [5, 5.41) is 6.21. The van der Waals surface area contributed by atoms with Gasteiger partial charge in [-0.1, -0.05) is 18.2 Å². The van der Waals surface area contributed by atoms with Gasteiger partial charge in [0.05, 0.1) is 22.9 Å². The number of rotatable bonds is 7. The first-order valence-electron chi connectivity index (χ1n) is 12.7. The maximum Gasteiger partial charge on any atom is 0.273 e. The van der Waals surface area contributed by atoms with Crippen LogP contribution < -0.4 is 16.2 Å². The highest BCUT2D eigenvalue weighted by atomic mass is 19.3. The molecule has 36 heavy (non-hydrogen) atoms. The molecule has 2 aromatic rings. The SMILES string of the molecule is C[C@@H](NC(=O)c1cn([C@H]2CC23CC3)c(=O)cc1N[C@H]1[C@@H]2CN(C)C[C@@H]21)c1cccc(C(C)(F)F)c1F. The molecule has 1 aliphatic heterocycles. The second-order valence-corrected chi connectivity index (χ2v) is 11.4. The summed E-state index contributed by atoms with van der Waals surface area (Å²) in [6.45, 7) is 4.16. The van der Waals surface area contributed by atoms with Crippen LogP contribution in [0.15, 0.2) is 35.3 Å². The minimum atomic E-state index is -3.34. The molecule has 3 aliphatic carbocycles. The summed E-state index contributed by atoms with van der Waals surface area (Å²) >= 11 is 0. The Kier molecular flexibility index (Phi) is 5.14. The third-order valence-electron chi connectivity index (χ3n) is 8.71. The summed E-state index contributed by atoms with van der Waals surface area (Å²) in [5.74, 6) is -3.86. The topological polar surface area (TPSA) is 66.4 Å². The van der Waals surface area contributed by atoms with Gasteiger partial charge in [0.2, 0.25) is 0 Å². The average molecular weight is 501 g/mol. The van der Waals surface area contributed by atoms with Crippen molar-refractivity contribution in [2.45, 2.75) is 57.2 Å². The Labute approximate surface area is 207 Å². The van der Waals surface area contributed by atoms with Crippen LogP contribution in [0, 0.1) is 23.1 Å². The molecular weight excluding hydrogens is 469 g/mol. The van der Waals surface area contributed by atoms with Gasteiger partial charge in [0.25, 0.3) is 17.4 Å². The van der Waals surface area contributed by atoms with Gasteiger partial charge in [-0.3, -0.25) is 9.59 Å². The summed E-state index contributed by atoms with van der Waals surface area (Å²) < 4.78 is 44.3. The molecule has 3 saturated carbocycles. The van der Waals surface area contributed by atoms with E-state index in [0.29, 0.717) is 30.0 Å². The summed E-state index contributed by atoms with van der Waals surface area (Å²) in [4.78, 5) is 28.7. The van der Waals surface area contributed by atoms with Crippen molar-refractivity contribution in [3.63, 3.8) is 0 Å². The predicted molar refractivity (Wildman–Crippen MR) is 130 cm³/mol. The van der Waals surface area contributed by atoms with Crippen molar-refractivity contribution in [1.29, 1.82) is 0 Å². The first-order chi connectivity index (χ1) is 17.0. The molecule has 1 saturated heterocycles. The lowest BCUT2D eigenvalue weighted by atomic mass is 10.0. The van der Waals surface area contributed by atoms with E-state index in [1.54, 1.807) is 17.7 Å². The third kappa shape index (κ3) is 3.92.